The van der Waals surface area contributed by atoms with Gasteiger partial charge in [-0.3, -0.25) is 4.99 Å². The topological polar surface area (TPSA) is 42.5 Å². The molecule has 3 aromatic rings. The van der Waals surface area contributed by atoms with Gasteiger partial charge in [0.15, 0.2) is 5.65 Å². The molecule has 3 heterocycles. The van der Waals surface area contributed by atoms with E-state index in [1.807, 2.05) is 26.0 Å². The Bertz CT molecular complexity index is 908. The lowest BCUT2D eigenvalue weighted by Crippen LogP contribution is -2.30. The fraction of sp³-hybridized carbons (Fsp3) is 0.235. The fourth-order valence-corrected chi connectivity index (χ4v) is 2.95. The van der Waals surface area contributed by atoms with E-state index in [4.69, 9.17) is 4.99 Å². The Morgan fingerprint density at radius 1 is 1.27 bits per heavy atom. The quantitative estimate of drug-likeness (QED) is 0.692. The first-order chi connectivity index (χ1) is 10.5. The number of aromatic nitrogens is 3. The van der Waals surface area contributed by atoms with Crippen LogP contribution in [0, 0.1) is 5.82 Å². The molecular weight excluding hydrogens is 279 g/mol. The summed E-state index contributed by atoms with van der Waals surface area (Å²) in [6.07, 6.45) is 5.84. The zero-order chi connectivity index (χ0) is 15.3. The number of hydrogen-bond acceptors (Lipinski definition) is 3. The fourth-order valence-electron chi connectivity index (χ4n) is 2.95. The van der Waals surface area contributed by atoms with E-state index in [9.17, 15) is 4.39 Å². The summed E-state index contributed by atoms with van der Waals surface area (Å²) in [4.78, 5) is 9.09. The van der Waals surface area contributed by atoms with Gasteiger partial charge in [-0.1, -0.05) is 12.1 Å². The third kappa shape index (κ3) is 2.01. The maximum Gasteiger partial charge on any atom is 0.154 e. The van der Waals surface area contributed by atoms with Gasteiger partial charge in [0.2, 0.25) is 0 Å². The van der Waals surface area contributed by atoms with Crippen molar-refractivity contribution in [2.24, 2.45) is 4.99 Å². The number of halogens is 1. The molecule has 0 N–H and O–H groups in total. The van der Waals surface area contributed by atoms with E-state index in [2.05, 4.69) is 10.1 Å². The lowest BCUT2D eigenvalue weighted by molar-refractivity contribution is 0.492. The zero-order valence-electron chi connectivity index (χ0n) is 12.4. The van der Waals surface area contributed by atoms with E-state index >= 15 is 0 Å². The summed E-state index contributed by atoms with van der Waals surface area (Å²) in [7, 11) is 0. The predicted molar refractivity (Wildman–Crippen MR) is 82.8 cm³/mol. The first kappa shape index (κ1) is 13.1. The van der Waals surface area contributed by atoms with Crippen LogP contribution in [0.1, 0.15) is 30.5 Å². The van der Waals surface area contributed by atoms with Gasteiger partial charge in [-0.25, -0.2) is 13.9 Å². The molecule has 110 valence electrons. The highest BCUT2D eigenvalue weighted by Crippen LogP contribution is 2.30. The van der Waals surface area contributed by atoms with E-state index in [-0.39, 0.29) is 11.4 Å². The van der Waals surface area contributed by atoms with E-state index in [0.29, 0.717) is 6.42 Å². The molecule has 1 aromatic carbocycles. The highest BCUT2D eigenvalue weighted by molar-refractivity contribution is 6.14. The molecule has 0 atom stereocenters. The molecule has 0 unspecified atom stereocenters. The van der Waals surface area contributed by atoms with Gasteiger partial charge in [0.25, 0.3) is 0 Å². The smallest absolute Gasteiger partial charge is 0.154 e. The first-order valence-corrected chi connectivity index (χ1v) is 7.21. The summed E-state index contributed by atoms with van der Waals surface area (Å²) in [5.41, 5.74) is 3.62. The summed E-state index contributed by atoms with van der Waals surface area (Å²) in [6.45, 7) is 4.04. The number of aliphatic imine (C=N–C) groups is 1. The zero-order valence-corrected chi connectivity index (χ0v) is 12.4. The molecular formula is C17H15FN4. The summed E-state index contributed by atoms with van der Waals surface area (Å²) in [6, 6.07) is 7.08. The van der Waals surface area contributed by atoms with Gasteiger partial charge in [0.05, 0.1) is 17.4 Å². The Balaban J connectivity index is 1.96. The van der Waals surface area contributed by atoms with Gasteiger partial charge in [-0.05, 0) is 31.5 Å². The number of nitrogens with zero attached hydrogens (tertiary/aromatic N) is 4. The molecule has 1 aliphatic rings. The molecule has 0 amide bonds. The minimum atomic E-state index is -0.341. The van der Waals surface area contributed by atoms with Crippen LogP contribution in [-0.4, -0.2) is 25.8 Å². The van der Waals surface area contributed by atoms with Crippen LogP contribution in [0.2, 0.25) is 0 Å². The minimum absolute atomic E-state index is 0.173. The Hall–Kier alpha value is -2.56. The molecule has 0 spiro atoms. The van der Waals surface area contributed by atoms with Crippen molar-refractivity contribution in [2.75, 3.05) is 0 Å². The second kappa shape index (κ2) is 4.47. The maximum absolute atomic E-state index is 14.2. The Morgan fingerprint density at radius 3 is 3.00 bits per heavy atom. The summed E-state index contributed by atoms with van der Waals surface area (Å²) < 4.78 is 15.9. The van der Waals surface area contributed by atoms with Gasteiger partial charge in [-0.2, -0.15) is 5.10 Å². The molecule has 5 heteroatoms. The van der Waals surface area contributed by atoms with Gasteiger partial charge < -0.3 is 0 Å². The maximum atomic E-state index is 14.2. The van der Waals surface area contributed by atoms with Crippen molar-refractivity contribution in [3.63, 3.8) is 0 Å². The number of rotatable bonds is 1. The van der Waals surface area contributed by atoms with Gasteiger partial charge in [-0.15, -0.1) is 0 Å². The number of hydrogen-bond donors (Lipinski definition) is 0. The molecule has 22 heavy (non-hydrogen) atoms. The molecule has 2 aromatic heterocycles. The Morgan fingerprint density at radius 2 is 2.14 bits per heavy atom. The highest BCUT2D eigenvalue weighted by Gasteiger charge is 2.29. The number of fused-ring (bicyclic) bond motifs is 2. The summed E-state index contributed by atoms with van der Waals surface area (Å²) in [5, 5.41) is 4.34. The third-order valence-corrected chi connectivity index (χ3v) is 3.93. The van der Waals surface area contributed by atoms with Crippen LogP contribution in [0.3, 0.4) is 0 Å². The monoisotopic (exact) mass is 294 g/mol. The Labute approximate surface area is 127 Å². The van der Waals surface area contributed by atoms with Crippen LogP contribution in [0.4, 0.5) is 4.39 Å². The molecule has 0 fully saturated rings. The van der Waals surface area contributed by atoms with Crippen LogP contribution in [-0.2, 0) is 6.42 Å². The average molecular weight is 294 g/mol. The minimum Gasteiger partial charge on any atom is -0.278 e. The Kier molecular flexibility index (Phi) is 2.66. The van der Waals surface area contributed by atoms with E-state index in [1.54, 1.807) is 29.2 Å². The van der Waals surface area contributed by atoms with Crippen LogP contribution < -0.4 is 0 Å². The second-order valence-electron chi connectivity index (χ2n) is 6.19. The standard InChI is InChI=1S/C17H15FN4/c1-17(2)9-13-12(4-3-5-14(13)18)16(21-17)11-8-15-19-6-7-22(15)20-10-11/h3-8,10H,9H2,1-2H3. The first-order valence-electron chi connectivity index (χ1n) is 7.21. The second-order valence-corrected chi connectivity index (χ2v) is 6.19. The van der Waals surface area contributed by atoms with Gasteiger partial charge in [0.1, 0.15) is 5.82 Å². The van der Waals surface area contributed by atoms with Crippen LogP contribution in [0.5, 0.6) is 0 Å². The van der Waals surface area contributed by atoms with Crippen molar-refractivity contribution in [2.45, 2.75) is 25.8 Å². The molecule has 4 nitrogen and oxygen atoms in total. The van der Waals surface area contributed by atoms with Crippen molar-refractivity contribution >= 4 is 11.4 Å². The van der Waals surface area contributed by atoms with Gasteiger partial charge in [0, 0.05) is 29.9 Å². The van der Waals surface area contributed by atoms with Crippen molar-refractivity contribution in [3.05, 3.63) is 65.4 Å². The van der Waals surface area contributed by atoms with Crippen LogP contribution in [0.15, 0.2) is 47.8 Å². The average Bonchev–Trinajstić information content (AvgIpc) is 2.94. The molecule has 0 bridgehead atoms. The molecule has 0 aliphatic carbocycles. The normalized spacial score (nSPS) is 16.4. The van der Waals surface area contributed by atoms with Crippen molar-refractivity contribution < 1.29 is 4.39 Å². The predicted octanol–water partition coefficient (Wildman–Crippen LogP) is 3.04. The number of benzene rings is 1. The summed E-state index contributed by atoms with van der Waals surface area (Å²) >= 11 is 0. The number of imidazole rings is 1. The molecule has 0 radical (unpaired) electrons. The van der Waals surface area contributed by atoms with Gasteiger partial charge >= 0.3 is 0 Å². The molecule has 1 aliphatic heterocycles. The van der Waals surface area contributed by atoms with Crippen molar-refractivity contribution in [3.8, 4) is 0 Å². The van der Waals surface area contributed by atoms with E-state index in [0.717, 1.165) is 28.0 Å². The van der Waals surface area contributed by atoms with E-state index in [1.165, 1.54) is 6.07 Å². The highest BCUT2D eigenvalue weighted by atomic mass is 19.1. The third-order valence-electron chi connectivity index (χ3n) is 3.93. The van der Waals surface area contributed by atoms with E-state index < -0.39 is 0 Å². The summed E-state index contributed by atoms with van der Waals surface area (Å²) in [5.74, 6) is -0.173. The lowest BCUT2D eigenvalue weighted by Gasteiger charge is -2.29. The van der Waals surface area contributed by atoms with Crippen molar-refractivity contribution in [1.29, 1.82) is 0 Å². The SMILES string of the molecule is CC1(C)Cc2c(F)cccc2C(c2cnn3ccnc3c2)=N1. The van der Waals surface area contributed by atoms with Crippen molar-refractivity contribution in [1.82, 2.24) is 14.6 Å². The molecule has 0 saturated heterocycles. The molecule has 0 saturated carbocycles. The molecule has 4 rings (SSSR count). The van der Waals surface area contributed by atoms with Crippen LogP contribution >= 0.6 is 0 Å². The van der Waals surface area contributed by atoms with Crippen LogP contribution in [0.25, 0.3) is 5.65 Å². The largest absolute Gasteiger partial charge is 0.278 e. The lowest BCUT2D eigenvalue weighted by atomic mass is 9.85.